The molecule has 0 amide bonds. The Kier molecular flexibility index (Phi) is 4.14. The highest BCUT2D eigenvalue weighted by atomic mass is 19.1. The summed E-state index contributed by atoms with van der Waals surface area (Å²) in [6.45, 7) is 4.28. The van der Waals surface area contributed by atoms with Crippen molar-refractivity contribution in [2.24, 2.45) is 24.6 Å². The Balaban J connectivity index is 2.57. The van der Waals surface area contributed by atoms with Crippen molar-refractivity contribution >= 4 is 0 Å². The summed E-state index contributed by atoms with van der Waals surface area (Å²) in [7, 11) is 1.66. The molecular weight excluding hydrogens is 197 g/mol. The van der Waals surface area contributed by atoms with Crippen LogP contribution in [0.5, 0.6) is 0 Å². The summed E-state index contributed by atoms with van der Waals surface area (Å²) >= 11 is 0. The van der Waals surface area contributed by atoms with Gasteiger partial charge in [0, 0.05) is 12.3 Å². The number of nitrogens with two attached hydrogens (primary N) is 1. The summed E-state index contributed by atoms with van der Waals surface area (Å²) in [4.78, 5) is 1.33. The van der Waals surface area contributed by atoms with E-state index in [9.17, 15) is 4.39 Å². The SMILES string of the molecule is CC(C)C(CN)C(F)Cc1nnn(C)n1. The van der Waals surface area contributed by atoms with Crippen molar-refractivity contribution in [3.63, 3.8) is 0 Å². The van der Waals surface area contributed by atoms with Crippen molar-refractivity contribution in [1.82, 2.24) is 20.2 Å². The predicted molar refractivity (Wildman–Crippen MR) is 54.8 cm³/mol. The fourth-order valence-corrected chi connectivity index (χ4v) is 1.57. The van der Waals surface area contributed by atoms with Gasteiger partial charge in [-0.3, -0.25) is 0 Å². The number of nitrogens with zero attached hydrogens (tertiary/aromatic N) is 4. The smallest absolute Gasteiger partial charge is 0.177 e. The highest BCUT2D eigenvalue weighted by molar-refractivity contribution is 4.85. The normalized spacial score (nSPS) is 15.6. The van der Waals surface area contributed by atoms with Gasteiger partial charge in [-0.2, -0.15) is 4.80 Å². The molecule has 5 nitrogen and oxygen atoms in total. The number of hydrogen-bond acceptors (Lipinski definition) is 4. The van der Waals surface area contributed by atoms with Gasteiger partial charge in [0.05, 0.1) is 7.05 Å². The molecule has 86 valence electrons. The fourth-order valence-electron chi connectivity index (χ4n) is 1.57. The van der Waals surface area contributed by atoms with E-state index in [2.05, 4.69) is 15.4 Å². The minimum absolute atomic E-state index is 0.145. The van der Waals surface area contributed by atoms with Crippen molar-refractivity contribution in [3.05, 3.63) is 5.82 Å². The Bertz CT molecular complexity index is 298. The Morgan fingerprint density at radius 3 is 2.53 bits per heavy atom. The molecule has 1 aromatic heterocycles. The van der Waals surface area contributed by atoms with E-state index in [-0.39, 0.29) is 18.3 Å². The molecule has 0 bridgehead atoms. The molecular formula is C9H18FN5. The van der Waals surface area contributed by atoms with Gasteiger partial charge in [-0.1, -0.05) is 13.8 Å². The van der Waals surface area contributed by atoms with Crippen LogP contribution >= 0.6 is 0 Å². The first-order valence-corrected chi connectivity index (χ1v) is 5.11. The van der Waals surface area contributed by atoms with Crippen molar-refractivity contribution in [2.45, 2.75) is 26.4 Å². The molecule has 2 atom stereocenters. The van der Waals surface area contributed by atoms with Gasteiger partial charge in [0.2, 0.25) is 0 Å². The standard InChI is InChI=1S/C9H18FN5/c1-6(2)7(5-11)8(10)4-9-12-14-15(3)13-9/h6-8H,4-5,11H2,1-3H3. The number of hydrogen-bond donors (Lipinski definition) is 1. The second kappa shape index (κ2) is 5.16. The van der Waals surface area contributed by atoms with Crippen molar-refractivity contribution in [2.75, 3.05) is 6.54 Å². The molecule has 15 heavy (non-hydrogen) atoms. The van der Waals surface area contributed by atoms with Crippen molar-refractivity contribution in [1.29, 1.82) is 0 Å². The Morgan fingerprint density at radius 1 is 1.47 bits per heavy atom. The van der Waals surface area contributed by atoms with E-state index >= 15 is 0 Å². The topological polar surface area (TPSA) is 69.6 Å². The highest BCUT2D eigenvalue weighted by Gasteiger charge is 2.24. The van der Waals surface area contributed by atoms with Gasteiger partial charge < -0.3 is 5.73 Å². The first kappa shape index (κ1) is 12.0. The van der Waals surface area contributed by atoms with Gasteiger partial charge in [-0.05, 0) is 17.7 Å². The number of tetrazole rings is 1. The van der Waals surface area contributed by atoms with Gasteiger partial charge in [0.15, 0.2) is 5.82 Å². The second-order valence-electron chi connectivity index (χ2n) is 4.06. The quantitative estimate of drug-likeness (QED) is 0.768. The Hall–Kier alpha value is -1.04. The monoisotopic (exact) mass is 215 g/mol. The van der Waals surface area contributed by atoms with E-state index < -0.39 is 6.17 Å². The van der Waals surface area contributed by atoms with Crippen LogP contribution in [0.15, 0.2) is 0 Å². The van der Waals surface area contributed by atoms with E-state index in [1.807, 2.05) is 13.8 Å². The highest BCUT2D eigenvalue weighted by Crippen LogP contribution is 2.19. The van der Waals surface area contributed by atoms with Gasteiger partial charge >= 0.3 is 0 Å². The van der Waals surface area contributed by atoms with E-state index in [0.717, 1.165) is 0 Å². The zero-order valence-electron chi connectivity index (χ0n) is 9.39. The second-order valence-corrected chi connectivity index (χ2v) is 4.06. The zero-order chi connectivity index (χ0) is 11.4. The summed E-state index contributed by atoms with van der Waals surface area (Å²) in [5.41, 5.74) is 5.53. The Labute approximate surface area is 88.8 Å². The molecule has 0 saturated heterocycles. The zero-order valence-corrected chi connectivity index (χ0v) is 9.39. The number of aromatic nitrogens is 4. The molecule has 0 saturated carbocycles. The van der Waals surface area contributed by atoms with Gasteiger partial charge in [0.1, 0.15) is 6.17 Å². The maximum Gasteiger partial charge on any atom is 0.177 e. The molecule has 6 heteroatoms. The maximum absolute atomic E-state index is 13.8. The number of halogens is 1. The first-order chi connectivity index (χ1) is 7.04. The fraction of sp³-hybridized carbons (Fsp3) is 0.889. The third-order valence-electron chi connectivity index (χ3n) is 2.52. The number of rotatable bonds is 5. The number of aryl methyl sites for hydroxylation is 1. The van der Waals surface area contributed by atoms with E-state index in [1.165, 1.54) is 4.80 Å². The van der Waals surface area contributed by atoms with Crippen LogP contribution in [-0.4, -0.2) is 32.9 Å². The summed E-state index contributed by atoms with van der Waals surface area (Å²) in [6.07, 6.45) is -0.812. The van der Waals surface area contributed by atoms with Crippen LogP contribution in [0.2, 0.25) is 0 Å². The molecule has 1 heterocycles. The maximum atomic E-state index is 13.8. The lowest BCUT2D eigenvalue weighted by atomic mass is 9.89. The summed E-state index contributed by atoms with van der Waals surface area (Å²) in [5, 5.41) is 11.4. The summed E-state index contributed by atoms with van der Waals surface area (Å²) < 4.78 is 13.8. The van der Waals surface area contributed by atoms with Crippen molar-refractivity contribution < 1.29 is 4.39 Å². The summed E-state index contributed by atoms with van der Waals surface area (Å²) in [5.74, 6) is 0.513. The number of alkyl halides is 1. The molecule has 0 fully saturated rings. The van der Waals surface area contributed by atoms with Gasteiger partial charge in [-0.25, -0.2) is 4.39 Å². The van der Waals surface area contributed by atoms with Crippen LogP contribution < -0.4 is 5.73 Å². The lowest BCUT2D eigenvalue weighted by Gasteiger charge is -2.21. The first-order valence-electron chi connectivity index (χ1n) is 5.11. The lowest BCUT2D eigenvalue weighted by Crippen LogP contribution is -2.31. The largest absolute Gasteiger partial charge is 0.330 e. The minimum Gasteiger partial charge on any atom is -0.330 e. The van der Waals surface area contributed by atoms with Crippen molar-refractivity contribution in [3.8, 4) is 0 Å². The van der Waals surface area contributed by atoms with Crippen LogP contribution in [-0.2, 0) is 13.5 Å². The van der Waals surface area contributed by atoms with E-state index in [0.29, 0.717) is 12.4 Å². The molecule has 2 N–H and O–H groups in total. The molecule has 1 rings (SSSR count). The average molecular weight is 215 g/mol. The lowest BCUT2D eigenvalue weighted by molar-refractivity contribution is 0.183. The molecule has 0 radical (unpaired) electrons. The third-order valence-corrected chi connectivity index (χ3v) is 2.52. The van der Waals surface area contributed by atoms with Crippen LogP contribution in [0.25, 0.3) is 0 Å². The molecule has 2 unspecified atom stereocenters. The Morgan fingerprint density at radius 2 is 2.13 bits per heavy atom. The van der Waals surface area contributed by atoms with Crippen LogP contribution in [0.4, 0.5) is 4.39 Å². The predicted octanol–water partition coefficient (Wildman–Crippen LogP) is 0.322. The molecule has 0 aromatic carbocycles. The third kappa shape index (κ3) is 3.23. The van der Waals surface area contributed by atoms with Crippen LogP contribution in [0, 0.1) is 11.8 Å². The molecule has 0 spiro atoms. The van der Waals surface area contributed by atoms with E-state index in [1.54, 1.807) is 7.05 Å². The average Bonchev–Trinajstić information content (AvgIpc) is 2.51. The van der Waals surface area contributed by atoms with Crippen LogP contribution in [0.3, 0.4) is 0 Å². The van der Waals surface area contributed by atoms with Gasteiger partial charge in [0.25, 0.3) is 0 Å². The van der Waals surface area contributed by atoms with Crippen LogP contribution in [0.1, 0.15) is 19.7 Å². The molecule has 1 aromatic rings. The minimum atomic E-state index is -1.00. The van der Waals surface area contributed by atoms with E-state index in [4.69, 9.17) is 5.73 Å². The summed E-state index contributed by atoms with van der Waals surface area (Å²) in [6, 6.07) is 0. The van der Waals surface area contributed by atoms with Gasteiger partial charge in [-0.15, -0.1) is 10.2 Å². The molecule has 0 aliphatic rings. The molecule has 0 aliphatic carbocycles. The molecule has 0 aliphatic heterocycles.